The second-order valence-electron chi connectivity index (χ2n) is 2.95. The first kappa shape index (κ1) is 42.9. The van der Waals surface area contributed by atoms with E-state index in [1.165, 1.54) is 0 Å². The molecule has 0 spiro atoms. The topological polar surface area (TPSA) is 242 Å². The predicted molar refractivity (Wildman–Crippen MR) is 75.7 cm³/mol. The molecule has 0 unspecified atom stereocenters. The van der Waals surface area contributed by atoms with Crippen LogP contribution in [-0.4, -0.2) is 47.2 Å². The predicted octanol–water partition coefficient (Wildman–Crippen LogP) is -2.85. The van der Waals surface area contributed by atoms with Crippen molar-refractivity contribution in [1.82, 2.24) is 6.15 Å². The smallest absolute Gasteiger partial charge is 0.550 e. The zero-order chi connectivity index (χ0) is 18.4. The molecule has 9 N–H and O–H groups in total. The van der Waals surface area contributed by atoms with E-state index in [0.29, 0.717) is 0 Å². The van der Waals surface area contributed by atoms with Crippen molar-refractivity contribution in [3.63, 3.8) is 0 Å². The maximum absolute atomic E-state index is 9.00. The van der Waals surface area contributed by atoms with Gasteiger partial charge in [-0.05, 0) is 33.4 Å². The number of hydrogen-bond donors (Lipinski definition) is 5. The molecule has 0 rings (SSSR count). The minimum absolute atomic E-state index is 0. The Kier molecular flexibility index (Phi) is 79.8. The number of rotatable bonds is 2. The number of carboxylic acids is 4. The normalized spacial score (nSPS) is 6.17. The van der Waals surface area contributed by atoms with Gasteiger partial charge in [-0.15, -0.1) is 0 Å². The number of carboxylic acid groups (broad SMARTS) is 4. The van der Waals surface area contributed by atoms with Gasteiger partial charge >= 0.3 is 17.1 Å². The van der Waals surface area contributed by atoms with Crippen LogP contribution in [0.3, 0.4) is 0 Å². The van der Waals surface area contributed by atoms with E-state index in [9.17, 15) is 0 Å². The summed E-state index contributed by atoms with van der Waals surface area (Å²) in [6, 6.07) is 0. The van der Waals surface area contributed by atoms with Gasteiger partial charge in [0.15, 0.2) is 0 Å². The van der Waals surface area contributed by atoms with E-state index < -0.39 is 23.9 Å². The summed E-state index contributed by atoms with van der Waals surface area (Å²) in [6.45, 7) is 5.55. The summed E-state index contributed by atoms with van der Waals surface area (Å²) in [5.74, 6) is -3.83. The maximum Gasteiger partial charge on any atom is 2.00 e. The van der Waals surface area contributed by atoms with E-state index in [2.05, 4.69) is 0 Å². The molecule has 0 amide bonds. The maximum atomic E-state index is 9.00. The molecular formula is C11H27FeN3O8. The fourth-order valence-electron chi connectivity index (χ4n) is 0.118. The molecule has 0 aromatic carbocycles. The standard InChI is InChI=1S/C3H10N2.4C2H4O2.Fe.H3N/c4-2-1-3-5;4*1-2(3)4;;/h1-5H2;4*1H3,(H,3,4);;1H3/q;;;;;+2;/p-2. The molecular weight excluding hydrogens is 358 g/mol. The van der Waals surface area contributed by atoms with Gasteiger partial charge in [0.2, 0.25) is 0 Å². The second kappa shape index (κ2) is 42.7. The number of aliphatic carboxylic acids is 4. The van der Waals surface area contributed by atoms with Crippen molar-refractivity contribution < 1.29 is 56.7 Å². The molecule has 23 heavy (non-hydrogen) atoms. The van der Waals surface area contributed by atoms with Crippen molar-refractivity contribution in [3.05, 3.63) is 0 Å². The van der Waals surface area contributed by atoms with Crippen molar-refractivity contribution in [2.24, 2.45) is 11.5 Å². The molecule has 0 fully saturated rings. The Labute approximate surface area is 146 Å². The van der Waals surface area contributed by atoms with Gasteiger partial charge in [-0.1, -0.05) is 0 Å². The van der Waals surface area contributed by atoms with Gasteiger partial charge < -0.3 is 47.6 Å². The quantitative estimate of drug-likeness (QED) is 0.303. The third-order valence-electron chi connectivity index (χ3n) is 0.408. The Bertz CT molecular complexity index is 212. The van der Waals surface area contributed by atoms with Gasteiger partial charge in [-0.3, -0.25) is 9.59 Å². The van der Waals surface area contributed by atoms with Crippen LogP contribution in [0.4, 0.5) is 0 Å². The van der Waals surface area contributed by atoms with Crippen LogP contribution in [0.25, 0.3) is 0 Å². The zero-order valence-corrected chi connectivity index (χ0v) is 14.8. The summed E-state index contributed by atoms with van der Waals surface area (Å²) in [7, 11) is 0. The van der Waals surface area contributed by atoms with Gasteiger partial charge in [0, 0.05) is 25.8 Å². The minimum atomic E-state index is -1.08. The molecule has 0 saturated heterocycles. The Balaban J connectivity index is -0.0000000273. The van der Waals surface area contributed by atoms with Crippen molar-refractivity contribution in [1.29, 1.82) is 0 Å². The number of nitrogens with two attached hydrogens (primary N) is 2. The summed E-state index contributed by atoms with van der Waals surface area (Å²) in [5.41, 5.74) is 10.1. The summed E-state index contributed by atoms with van der Waals surface area (Å²) in [6.07, 6.45) is 0.944. The molecule has 142 valence electrons. The van der Waals surface area contributed by atoms with Gasteiger partial charge in [-0.25, -0.2) is 0 Å². The van der Waals surface area contributed by atoms with Crippen LogP contribution < -0.4 is 27.8 Å². The minimum Gasteiger partial charge on any atom is -0.550 e. The number of carbonyl (C=O) groups excluding carboxylic acids is 2. The van der Waals surface area contributed by atoms with E-state index in [0.717, 1.165) is 47.2 Å². The third-order valence-corrected chi connectivity index (χ3v) is 0.408. The second-order valence-corrected chi connectivity index (χ2v) is 2.95. The van der Waals surface area contributed by atoms with E-state index in [1.807, 2.05) is 0 Å². The summed E-state index contributed by atoms with van der Waals surface area (Å²) in [5, 5.41) is 32.6. The van der Waals surface area contributed by atoms with Crippen molar-refractivity contribution in [2.45, 2.75) is 34.1 Å². The van der Waals surface area contributed by atoms with Crippen molar-refractivity contribution >= 4 is 23.9 Å². The third kappa shape index (κ3) is 86800. The fraction of sp³-hybridized carbons (Fsp3) is 0.636. The Morgan fingerprint density at radius 3 is 0.870 bits per heavy atom. The largest absolute Gasteiger partial charge is 2.00 e. The van der Waals surface area contributed by atoms with Gasteiger partial charge in [0.1, 0.15) is 0 Å². The summed E-state index contributed by atoms with van der Waals surface area (Å²) >= 11 is 0. The van der Waals surface area contributed by atoms with E-state index in [1.54, 1.807) is 0 Å². The first-order chi connectivity index (χ1) is 9.34. The van der Waals surface area contributed by atoms with E-state index in [-0.39, 0.29) is 23.2 Å². The molecule has 0 aromatic heterocycles. The molecule has 0 saturated carbocycles. The Hall–Kier alpha value is -1.72. The van der Waals surface area contributed by atoms with Crippen molar-refractivity contribution in [2.75, 3.05) is 13.1 Å². The average Bonchev–Trinajstić information content (AvgIpc) is 2.14. The Morgan fingerprint density at radius 1 is 0.783 bits per heavy atom. The molecule has 0 aliphatic carbocycles. The van der Waals surface area contributed by atoms with E-state index in [4.69, 9.17) is 51.1 Å². The molecule has 12 heteroatoms. The molecule has 0 radical (unpaired) electrons. The van der Waals surface area contributed by atoms with Crippen LogP contribution in [-0.2, 0) is 36.2 Å². The molecule has 0 atom stereocenters. The summed E-state index contributed by atoms with van der Waals surface area (Å²) in [4.78, 5) is 35.8. The van der Waals surface area contributed by atoms with Crippen LogP contribution in [0.15, 0.2) is 0 Å². The molecule has 11 nitrogen and oxygen atoms in total. The average molecular weight is 385 g/mol. The fourth-order valence-corrected chi connectivity index (χ4v) is 0.118. The van der Waals surface area contributed by atoms with E-state index >= 15 is 0 Å². The number of carbonyl (C=O) groups is 4. The van der Waals surface area contributed by atoms with Crippen LogP contribution in [0.5, 0.6) is 0 Å². The monoisotopic (exact) mass is 385 g/mol. The SMILES string of the molecule is CC(=O)O.CC(=O)O.CC(=O)[O-].CC(=O)[O-].N.NCCCN.[Fe+2]. The zero-order valence-electron chi connectivity index (χ0n) is 13.7. The first-order valence-electron chi connectivity index (χ1n) is 5.49. The first-order valence-corrected chi connectivity index (χ1v) is 5.49. The number of hydrogen-bond acceptors (Lipinski definition) is 9. The Morgan fingerprint density at radius 2 is 0.870 bits per heavy atom. The van der Waals surface area contributed by atoms with Gasteiger partial charge in [0.25, 0.3) is 11.9 Å². The van der Waals surface area contributed by atoms with Crippen LogP contribution in [0.1, 0.15) is 34.1 Å². The van der Waals surface area contributed by atoms with Crippen LogP contribution >= 0.6 is 0 Å². The van der Waals surface area contributed by atoms with Crippen LogP contribution in [0, 0.1) is 0 Å². The summed E-state index contributed by atoms with van der Waals surface area (Å²) < 4.78 is 0. The van der Waals surface area contributed by atoms with Crippen molar-refractivity contribution in [3.8, 4) is 0 Å². The van der Waals surface area contributed by atoms with Gasteiger partial charge in [-0.2, -0.15) is 0 Å². The van der Waals surface area contributed by atoms with Gasteiger partial charge in [0.05, 0.1) is 0 Å². The molecule has 0 aliphatic rings. The van der Waals surface area contributed by atoms with Crippen LogP contribution in [0.2, 0.25) is 0 Å². The molecule has 0 heterocycles. The molecule has 0 bridgehead atoms. The molecule has 0 aliphatic heterocycles. The molecule has 0 aromatic rings.